The number of rotatable bonds is 6. The van der Waals surface area contributed by atoms with E-state index in [4.69, 9.17) is 14.2 Å². The molecule has 0 spiro atoms. The standard InChI is InChI=1S/C21H34O8/c1-10-8-15-14(12(3)20(25)28-15)7-6-13(10)5-4-11(2)27-19-16(9-22)29-21(26)18(24)17(19)23/h6,10-12,14-19,21-24,26H,4-5,7-9H2,1-3H3/t10-,11+,12-,14+,15+,16-,17+,18+,19+,21-/m0/s1. The number of hydrogen-bond acceptors (Lipinski definition) is 8. The fraction of sp³-hybridized carbons (Fsp3) is 0.857. The highest BCUT2D eigenvalue weighted by atomic mass is 16.7. The number of hydrogen-bond donors (Lipinski definition) is 4. The first-order chi connectivity index (χ1) is 13.7. The van der Waals surface area contributed by atoms with Gasteiger partial charge in [0.05, 0.1) is 18.6 Å². The minimum absolute atomic E-state index is 0.0114. The van der Waals surface area contributed by atoms with Gasteiger partial charge >= 0.3 is 5.97 Å². The van der Waals surface area contributed by atoms with Gasteiger partial charge in [0.1, 0.15) is 30.5 Å². The molecule has 0 aromatic rings. The summed E-state index contributed by atoms with van der Waals surface area (Å²) in [6, 6.07) is 0. The van der Waals surface area contributed by atoms with Gasteiger partial charge in [-0.3, -0.25) is 4.79 Å². The van der Waals surface area contributed by atoms with Crippen LogP contribution in [-0.4, -0.2) is 75.9 Å². The average Bonchev–Trinajstić information content (AvgIpc) is 2.85. The lowest BCUT2D eigenvalue weighted by Crippen LogP contribution is -2.60. The summed E-state index contributed by atoms with van der Waals surface area (Å²) in [7, 11) is 0. The van der Waals surface area contributed by atoms with Crippen molar-refractivity contribution >= 4 is 5.97 Å². The highest BCUT2D eigenvalue weighted by Gasteiger charge is 2.45. The van der Waals surface area contributed by atoms with Crippen LogP contribution in [0.5, 0.6) is 0 Å². The molecule has 1 aliphatic carbocycles. The molecule has 8 nitrogen and oxygen atoms in total. The number of fused-ring (bicyclic) bond motifs is 1. The lowest BCUT2D eigenvalue weighted by Gasteiger charge is -2.41. The fourth-order valence-corrected chi connectivity index (χ4v) is 4.70. The Hall–Kier alpha value is -1.03. The number of ether oxygens (including phenoxy) is 3. The topological polar surface area (TPSA) is 126 Å². The third kappa shape index (κ3) is 4.84. The Kier molecular flexibility index (Phi) is 7.35. The van der Waals surface area contributed by atoms with E-state index < -0.39 is 37.3 Å². The van der Waals surface area contributed by atoms with Crippen LogP contribution in [0.3, 0.4) is 0 Å². The zero-order chi connectivity index (χ0) is 21.3. The van der Waals surface area contributed by atoms with Crippen molar-refractivity contribution in [1.82, 2.24) is 0 Å². The van der Waals surface area contributed by atoms with Crippen molar-refractivity contribution < 1.29 is 39.4 Å². The Labute approximate surface area is 171 Å². The molecule has 2 aliphatic heterocycles. The third-order valence-corrected chi connectivity index (χ3v) is 6.70. The second-order valence-electron chi connectivity index (χ2n) is 8.76. The maximum Gasteiger partial charge on any atom is 0.309 e. The fourth-order valence-electron chi connectivity index (χ4n) is 4.70. The Morgan fingerprint density at radius 3 is 2.66 bits per heavy atom. The Morgan fingerprint density at radius 1 is 1.24 bits per heavy atom. The van der Waals surface area contributed by atoms with Crippen LogP contribution in [0.2, 0.25) is 0 Å². The van der Waals surface area contributed by atoms with Crippen molar-refractivity contribution in [3.63, 3.8) is 0 Å². The maximum absolute atomic E-state index is 11.8. The summed E-state index contributed by atoms with van der Waals surface area (Å²) < 4.78 is 16.6. The molecule has 2 fully saturated rings. The number of carbonyl (C=O) groups excluding carboxylic acids is 1. The molecule has 0 bridgehead atoms. The summed E-state index contributed by atoms with van der Waals surface area (Å²) in [6.45, 7) is 5.53. The molecule has 3 rings (SSSR count). The van der Waals surface area contributed by atoms with E-state index in [1.165, 1.54) is 5.57 Å². The summed E-state index contributed by atoms with van der Waals surface area (Å²) in [5.74, 6) is 0.394. The summed E-state index contributed by atoms with van der Waals surface area (Å²) >= 11 is 0. The number of aliphatic hydroxyl groups excluding tert-OH is 4. The minimum atomic E-state index is -1.55. The van der Waals surface area contributed by atoms with E-state index in [0.717, 1.165) is 19.3 Å². The molecule has 0 saturated carbocycles. The molecule has 3 aliphatic rings. The molecule has 0 amide bonds. The van der Waals surface area contributed by atoms with Crippen LogP contribution in [0.15, 0.2) is 11.6 Å². The highest BCUT2D eigenvalue weighted by molar-refractivity contribution is 5.74. The number of esters is 1. The molecule has 0 aromatic carbocycles. The predicted octanol–water partition coefficient (Wildman–Crippen LogP) is 0.506. The quantitative estimate of drug-likeness (QED) is 0.366. The lowest BCUT2D eigenvalue weighted by molar-refractivity contribution is -0.299. The summed E-state index contributed by atoms with van der Waals surface area (Å²) in [6.07, 6.45) is -1.07. The Morgan fingerprint density at radius 2 is 1.97 bits per heavy atom. The van der Waals surface area contributed by atoms with Gasteiger partial charge in [-0.25, -0.2) is 0 Å². The smallest absolute Gasteiger partial charge is 0.309 e. The molecular weight excluding hydrogens is 380 g/mol. The van der Waals surface area contributed by atoms with Gasteiger partial charge in [0.25, 0.3) is 0 Å². The zero-order valence-corrected chi connectivity index (χ0v) is 17.3. The summed E-state index contributed by atoms with van der Waals surface area (Å²) in [5, 5.41) is 39.1. The number of allylic oxidation sites excluding steroid dienone is 2. The normalized spacial score (nSPS) is 43.9. The van der Waals surface area contributed by atoms with E-state index in [9.17, 15) is 25.2 Å². The molecule has 0 unspecified atom stereocenters. The molecule has 0 aromatic heterocycles. The average molecular weight is 414 g/mol. The van der Waals surface area contributed by atoms with Gasteiger partial charge in [-0.2, -0.15) is 0 Å². The molecule has 10 atom stereocenters. The molecular formula is C21H34O8. The van der Waals surface area contributed by atoms with Crippen molar-refractivity contribution in [2.45, 2.75) is 89.4 Å². The second kappa shape index (κ2) is 9.41. The van der Waals surface area contributed by atoms with Crippen molar-refractivity contribution in [3.8, 4) is 0 Å². The summed E-state index contributed by atoms with van der Waals surface area (Å²) in [4.78, 5) is 11.8. The molecule has 2 saturated heterocycles. The van der Waals surface area contributed by atoms with Gasteiger partial charge in [-0.05, 0) is 38.5 Å². The van der Waals surface area contributed by atoms with Crippen LogP contribution in [-0.2, 0) is 19.0 Å². The molecule has 166 valence electrons. The van der Waals surface area contributed by atoms with Gasteiger partial charge in [-0.15, -0.1) is 0 Å². The van der Waals surface area contributed by atoms with Crippen molar-refractivity contribution in [3.05, 3.63) is 11.6 Å². The SMILES string of the molecule is C[C@H](CCC1=CC[C@@H]2[C@H](C)C(=O)O[C@@H]2C[C@@H]1C)O[C@H]1[C@H](O)[C@@H](O)[C@@H](O)O[C@H]1CO. The van der Waals surface area contributed by atoms with E-state index in [1.54, 1.807) is 0 Å². The zero-order valence-electron chi connectivity index (χ0n) is 17.3. The first kappa shape index (κ1) is 22.7. The van der Waals surface area contributed by atoms with Gasteiger partial charge < -0.3 is 34.6 Å². The molecule has 29 heavy (non-hydrogen) atoms. The van der Waals surface area contributed by atoms with Crippen LogP contribution in [0.25, 0.3) is 0 Å². The van der Waals surface area contributed by atoms with E-state index in [1.807, 2.05) is 13.8 Å². The first-order valence-electron chi connectivity index (χ1n) is 10.6. The van der Waals surface area contributed by atoms with Gasteiger partial charge in [0.2, 0.25) is 0 Å². The van der Waals surface area contributed by atoms with Crippen LogP contribution in [0.4, 0.5) is 0 Å². The maximum atomic E-state index is 11.8. The van der Waals surface area contributed by atoms with Crippen LogP contribution in [0, 0.1) is 17.8 Å². The predicted molar refractivity (Wildman–Crippen MR) is 103 cm³/mol. The summed E-state index contributed by atoms with van der Waals surface area (Å²) in [5.41, 5.74) is 1.31. The van der Waals surface area contributed by atoms with Crippen molar-refractivity contribution in [2.24, 2.45) is 17.8 Å². The Bertz CT molecular complexity index is 605. The van der Waals surface area contributed by atoms with Crippen LogP contribution >= 0.6 is 0 Å². The number of aliphatic hydroxyl groups is 4. The second-order valence-corrected chi connectivity index (χ2v) is 8.76. The van der Waals surface area contributed by atoms with Crippen molar-refractivity contribution in [1.29, 1.82) is 0 Å². The van der Waals surface area contributed by atoms with E-state index in [2.05, 4.69) is 13.0 Å². The van der Waals surface area contributed by atoms with E-state index in [-0.39, 0.29) is 30.0 Å². The molecule has 4 N–H and O–H groups in total. The molecule has 2 heterocycles. The highest BCUT2D eigenvalue weighted by Crippen LogP contribution is 2.40. The minimum Gasteiger partial charge on any atom is -0.462 e. The lowest BCUT2D eigenvalue weighted by atomic mass is 9.87. The van der Waals surface area contributed by atoms with E-state index in [0.29, 0.717) is 12.3 Å². The Balaban J connectivity index is 1.55. The van der Waals surface area contributed by atoms with Crippen molar-refractivity contribution in [2.75, 3.05) is 6.61 Å². The monoisotopic (exact) mass is 414 g/mol. The van der Waals surface area contributed by atoms with E-state index >= 15 is 0 Å². The first-order valence-corrected chi connectivity index (χ1v) is 10.6. The van der Waals surface area contributed by atoms with Gasteiger partial charge in [-0.1, -0.05) is 25.5 Å². The molecule has 0 radical (unpaired) electrons. The van der Waals surface area contributed by atoms with Gasteiger partial charge in [0.15, 0.2) is 6.29 Å². The largest absolute Gasteiger partial charge is 0.462 e. The number of carbonyl (C=O) groups is 1. The molecule has 8 heteroatoms. The third-order valence-electron chi connectivity index (χ3n) is 6.70. The van der Waals surface area contributed by atoms with Crippen LogP contribution < -0.4 is 0 Å². The van der Waals surface area contributed by atoms with Crippen LogP contribution in [0.1, 0.15) is 46.5 Å². The van der Waals surface area contributed by atoms with Gasteiger partial charge in [0, 0.05) is 5.92 Å².